The fraction of sp³-hybridized carbons (Fsp3) is 0.600. The summed E-state index contributed by atoms with van der Waals surface area (Å²) in [7, 11) is -3.20. The minimum absolute atomic E-state index is 0.0126. The first-order valence-electron chi connectivity index (χ1n) is 7.10. The minimum atomic E-state index is -3.20. The molecule has 5 heteroatoms. The van der Waals surface area contributed by atoms with Gasteiger partial charge in [0.25, 0.3) is 0 Å². The number of anilines is 1. The van der Waals surface area contributed by atoms with Gasteiger partial charge in [0.1, 0.15) is 0 Å². The van der Waals surface area contributed by atoms with Crippen LogP contribution in [-0.2, 0) is 9.84 Å². The van der Waals surface area contributed by atoms with Gasteiger partial charge in [-0.15, -0.1) is 0 Å². The van der Waals surface area contributed by atoms with Crippen LogP contribution in [0.3, 0.4) is 0 Å². The molecule has 1 atom stereocenters. The Hall–Kier alpha value is -1.07. The standard InChI is InChI=1S/C15H24N2O2S/c1-4-20(18,19)13-8-6-5-7-12(13)17-10-9-14(16)15(2,3)11-17/h5-8,14H,4,9-11,16H2,1-3H3. The van der Waals surface area contributed by atoms with Gasteiger partial charge in [0.05, 0.1) is 16.3 Å². The van der Waals surface area contributed by atoms with Gasteiger partial charge in [-0.05, 0) is 24.0 Å². The molecule has 0 amide bonds. The lowest BCUT2D eigenvalue weighted by Crippen LogP contribution is -2.52. The molecule has 0 bridgehead atoms. The second-order valence-corrected chi connectivity index (χ2v) is 8.42. The smallest absolute Gasteiger partial charge is 0.180 e. The van der Waals surface area contributed by atoms with Gasteiger partial charge in [0.15, 0.2) is 9.84 Å². The van der Waals surface area contributed by atoms with E-state index in [0.717, 1.165) is 25.2 Å². The maximum atomic E-state index is 12.2. The van der Waals surface area contributed by atoms with Gasteiger partial charge in [-0.1, -0.05) is 32.9 Å². The zero-order chi connectivity index (χ0) is 15.0. The molecule has 1 heterocycles. The lowest BCUT2D eigenvalue weighted by molar-refractivity contribution is 0.244. The van der Waals surface area contributed by atoms with Crippen LogP contribution in [-0.4, -0.2) is 33.3 Å². The molecule has 2 rings (SSSR count). The van der Waals surface area contributed by atoms with Gasteiger partial charge in [-0.2, -0.15) is 0 Å². The third-order valence-corrected chi connectivity index (χ3v) is 6.01. The summed E-state index contributed by atoms with van der Waals surface area (Å²) >= 11 is 0. The molecule has 0 aliphatic carbocycles. The second-order valence-electron chi connectivity index (χ2n) is 6.18. The molecule has 4 nitrogen and oxygen atoms in total. The Bertz CT molecular complexity index is 581. The van der Waals surface area contributed by atoms with Crippen LogP contribution < -0.4 is 10.6 Å². The molecule has 0 saturated carbocycles. The molecule has 0 spiro atoms. The maximum Gasteiger partial charge on any atom is 0.180 e. The van der Waals surface area contributed by atoms with Crippen molar-refractivity contribution in [2.45, 2.75) is 38.1 Å². The quantitative estimate of drug-likeness (QED) is 0.927. The van der Waals surface area contributed by atoms with Crippen molar-refractivity contribution in [1.82, 2.24) is 0 Å². The van der Waals surface area contributed by atoms with Crippen molar-refractivity contribution >= 4 is 15.5 Å². The van der Waals surface area contributed by atoms with Crippen molar-refractivity contribution in [3.05, 3.63) is 24.3 Å². The predicted octanol–water partition coefficient (Wildman–Crippen LogP) is 2.04. The van der Waals surface area contributed by atoms with Gasteiger partial charge in [-0.3, -0.25) is 0 Å². The minimum Gasteiger partial charge on any atom is -0.370 e. The molecule has 1 aliphatic heterocycles. The van der Waals surface area contributed by atoms with E-state index >= 15 is 0 Å². The van der Waals surface area contributed by atoms with Crippen LogP contribution >= 0.6 is 0 Å². The summed E-state index contributed by atoms with van der Waals surface area (Å²) in [6.07, 6.45) is 0.882. The molecular formula is C15H24N2O2S. The normalized spacial score (nSPS) is 22.8. The SMILES string of the molecule is CCS(=O)(=O)c1ccccc1N1CCC(N)C(C)(C)C1. The highest BCUT2D eigenvalue weighted by Gasteiger charge is 2.34. The Kier molecular flexibility index (Phi) is 4.12. The first-order chi connectivity index (χ1) is 9.28. The number of piperidine rings is 1. The Morgan fingerprint density at radius 2 is 2.00 bits per heavy atom. The zero-order valence-electron chi connectivity index (χ0n) is 12.5. The second kappa shape index (κ2) is 5.37. The van der Waals surface area contributed by atoms with E-state index in [0.29, 0.717) is 4.90 Å². The molecule has 1 saturated heterocycles. The van der Waals surface area contributed by atoms with Crippen molar-refractivity contribution in [2.24, 2.45) is 11.1 Å². The molecule has 2 N–H and O–H groups in total. The van der Waals surface area contributed by atoms with Crippen molar-refractivity contribution in [3.63, 3.8) is 0 Å². The molecule has 1 aromatic rings. The molecule has 1 fully saturated rings. The van der Waals surface area contributed by atoms with E-state index in [-0.39, 0.29) is 17.2 Å². The summed E-state index contributed by atoms with van der Waals surface area (Å²) in [6.45, 7) is 7.55. The van der Waals surface area contributed by atoms with E-state index in [1.807, 2.05) is 12.1 Å². The molecule has 112 valence electrons. The average molecular weight is 296 g/mol. The number of nitrogens with zero attached hydrogens (tertiary/aromatic N) is 1. The summed E-state index contributed by atoms with van der Waals surface area (Å²) in [5, 5.41) is 0. The molecule has 1 aromatic carbocycles. The Balaban J connectivity index is 2.40. The van der Waals surface area contributed by atoms with Crippen LogP contribution in [0.15, 0.2) is 29.2 Å². The number of para-hydroxylation sites is 1. The topological polar surface area (TPSA) is 63.4 Å². The van der Waals surface area contributed by atoms with Gasteiger partial charge < -0.3 is 10.6 Å². The Morgan fingerprint density at radius 1 is 1.35 bits per heavy atom. The molecule has 0 aromatic heterocycles. The highest BCUT2D eigenvalue weighted by molar-refractivity contribution is 7.91. The first kappa shape index (κ1) is 15.3. The molecule has 1 unspecified atom stereocenters. The Labute approximate surface area is 121 Å². The maximum absolute atomic E-state index is 12.2. The summed E-state index contributed by atoms with van der Waals surface area (Å²) < 4.78 is 24.5. The van der Waals surface area contributed by atoms with Crippen LogP contribution in [0.4, 0.5) is 5.69 Å². The van der Waals surface area contributed by atoms with E-state index in [1.54, 1.807) is 19.1 Å². The average Bonchev–Trinajstić information content (AvgIpc) is 2.42. The van der Waals surface area contributed by atoms with Crippen LogP contribution in [0.1, 0.15) is 27.2 Å². The van der Waals surface area contributed by atoms with Gasteiger partial charge in [-0.25, -0.2) is 8.42 Å². The van der Waals surface area contributed by atoms with Crippen molar-refractivity contribution in [1.29, 1.82) is 0 Å². The van der Waals surface area contributed by atoms with E-state index in [1.165, 1.54) is 0 Å². The largest absolute Gasteiger partial charge is 0.370 e. The van der Waals surface area contributed by atoms with E-state index in [2.05, 4.69) is 18.7 Å². The van der Waals surface area contributed by atoms with Crippen LogP contribution in [0.5, 0.6) is 0 Å². The van der Waals surface area contributed by atoms with Crippen molar-refractivity contribution in [3.8, 4) is 0 Å². The number of hydrogen-bond acceptors (Lipinski definition) is 4. The third kappa shape index (κ3) is 2.83. The molecule has 0 radical (unpaired) electrons. The highest BCUT2D eigenvalue weighted by Crippen LogP contribution is 2.34. The van der Waals surface area contributed by atoms with Crippen LogP contribution in [0.25, 0.3) is 0 Å². The fourth-order valence-electron chi connectivity index (χ4n) is 2.72. The Morgan fingerprint density at radius 3 is 2.60 bits per heavy atom. The third-order valence-electron chi connectivity index (χ3n) is 4.23. The first-order valence-corrected chi connectivity index (χ1v) is 8.75. The molecule has 1 aliphatic rings. The lowest BCUT2D eigenvalue weighted by atomic mass is 9.79. The van der Waals surface area contributed by atoms with Gasteiger partial charge >= 0.3 is 0 Å². The summed E-state index contributed by atoms with van der Waals surface area (Å²) in [6, 6.07) is 7.44. The molecular weight excluding hydrogens is 272 g/mol. The number of rotatable bonds is 3. The highest BCUT2D eigenvalue weighted by atomic mass is 32.2. The van der Waals surface area contributed by atoms with Crippen LogP contribution in [0.2, 0.25) is 0 Å². The van der Waals surface area contributed by atoms with Crippen LogP contribution in [0, 0.1) is 5.41 Å². The summed E-state index contributed by atoms with van der Waals surface area (Å²) in [4.78, 5) is 2.60. The summed E-state index contributed by atoms with van der Waals surface area (Å²) in [5.41, 5.74) is 6.96. The lowest BCUT2D eigenvalue weighted by Gasteiger charge is -2.44. The number of hydrogen-bond donors (Lipinski definition) is 1. The van der Waals surface area contributed by atoms with E-state index in [9.17, 15) is 8.42 Å². The van der Waals surface area contributed by atoms with E-state index < -0.39 is 9.84 Å². The fourth-order valence-corrected chi connectivity index (χ4v) is 3.83. The number of benzene rings is 1. The monoisotopic (exact) mass is 296 g/mol. The number of sulfone groups is 1. The van der Waals surface area contributed by atoms with Gasteiger partial charge in [0, 0.05) is 19.1 Å². The van der Waals surface area contributed by atoms with E-state index in [4.69, 9.17) is 5.73 Å². The number of nitrogens with two attached hydrogens (primary N) is 1. The van der Waals surface area contributed by atoms with Gasteiger partial charge in [0.2, 0.25) is 0 Å². The van der Waals surface area contributed by atoms with Crippen molar-refractivity contribution in [2.75, 3.05) is 23.7 Å². The summed E-state index contributed by atoms with van der Waals surface area (Å²) in [5.74, 6) is 0.126. The van der Waals surface area contributed by atoms with Crippen molar-refractivity contribution < 1.29 is 8.42 Å². The molecule has 20 heavy (non-hydrogen) atoms. The zero-order valence-corrected chi connectivity index (χ0v) is 13.3. The predicted molar refractivity (Wildman–Crippen MR) is 82.8 cm³/mol.